The molecule has 3 rings (SSSR count). The number of benzene rings is 2. The Labute approximate surface area is 109 Å². The van der Waals surface area contributed by atoms with Crippen LogP contribution in [0.2, 0.25) is 0 Å². The molecule has 2 nitrogen and oxygen atoms in total. The van der Waals surface area contributed by atoms with E-state index in [4.69, 9.17) is 4.52 Å². The second-order valence-corrected chi connectivity index (χ2v) is 5.88. The van der Waals surface area contributed by atoms with E-state index in [-0.39, 0.29) is 0 Å². The van der Waals surface area contributed by atoms with Crippen LogP contribution in [0.25, 0.3) is 11.1 Å². The van der Waals surface area contributed by atoms with Gasteiger partial charge in [0.1, 0.15) is 5.75 Å². The molecule has 0 saturated heterocycles. The minimum atomic E-state index is -0.730. The summed E-state index contributed by atoms with van der Waals surface area (Å²) in [4.78, 5) is 0. The van der Waals surface area contributed by atoms with Crippen molar-refractivity contribution in [2.75, 3.05) is 6.54 Å². The Balaban J connectivity index is 2.05. The van der Waals surface area contributed by atoms with Crippen LogP contribution in [-0.4, -0.2) is 6.54 Å². The van der Waals surface area contributed by atoms with E-state index in [2.05, 4.69) is 48.4 Å². The Hall–Kier alpha value is -1.37. The summed E-state index contributed by atoms with van der Waals surface area (Å²) in [6, 6.07) is 16.8. The molecular weight excluding hydrogens is 241 g/mol. The smallest absolute Gasteiger partial charge is 0.194 e. The van der Waals surface area contributed by atoms with Gasteiger partial charge in [-0.1, -0.05) is 43.3 Å². The topological polar surface area (TPSA) is 21.3 Å². The zero-order chi connectivity index (χ0) is 12.4. The number of fused-ring (bicyclic) bond motifs is 3. The van der Waals surface area contributed by atoms with Gasteiger partial charge in [0.05, 0.1) is 0 Å². The molecule has 1 aliphatic rings. The lowest BCUT2D eigenvalue weighted by atomic mass is 10.0. The van der Waals surface area contributed by atoms with Crippen molar-refractivity contribution >= 4 is 13.6 Å². The predicted octanol–water partition coefficient (Wildman–Crippen LogP) is 3.68. The van der Waals surface area contributed by atoms with Crippen molar-refractivity contribution in [2.24, 2.45) is 0 Å². The lowest BCUT2D eigenvalue weighted by molar-refractivity contribution is 0.604. The van der Waals surface area contributed by atoms with Crippen LogP contribution in [-0.2, 0) is 0 Å². The zero-order valence-electron chi connectivity index (χ0n) is 10.4. The Morgan fingerprint density at radius 2 is 1.72 bits per heavy atom. The first-order chi connectivity index (χ1) is 8.90. The molecule has 0 spiro atoms. The molecule has 1 atom stereocenters. The Kier molecular flexibility index (Phi) is 3.31. The standard InChI is InChI=1S/C15H16NOP/c1-2-11-16-18-15-10-6-4-8-13(15)12-7-3-5-9-14(12)17-18/h3-10,16H,2,11H2,1H3. The van der Waals surface area contributed by atoms with Gasteiger partial charge in [-0.3, -0.25) is 5.09 Å². The van der Waals surface area contributed by atoms with Crippen LogP contribution < -0.4 is 14.9 Å². The third kappa shape index (κ3) is 2.03. The monoisotopic (exact) mass is 257 g/mol. The zero-order valence-corrected chi connectivity index (χ0v) is 11.3. The van der Waals surface area contributed by atoms with Crippen LogP contribution in [0.5, 0.6) is 5.75 Å². The summed E-state index contributed by atoms with van der Waals surface area (Å²) < 4.78 is 6.11. The van der Waals surface area contributed by atoms with Gasteiger partial charge in [-0.05, 0) is 24.1 Å². The third-order valence-corrected chi connectivity index (χ3v) is 4.71. The minimum absolute atomic E-state index is 0.730. The van der Waals surface area contributed by atoms with Gasteiger partial charge in [0.15, 0.2) is 8.30 Å². The predicted molar refractivity (Wildman–Crippen MR) is 77.4 cm³/mol. The highest BCUT2D eigenvalue weighted by Crippen LogP contribution is 2.45. The molecule has 0 aliphatic carbocycles. The lowest BCUT2D eigenvalue weighted by Crippen LogP contribution is -2.24. The summed E-state index contributed by atoms with van der Waals surface area (Å²) in [5.74, 6) is 0.992. The van der Waals surface area contributed by atoms with Crippen LogP contribution in [0.1, 0.15) is 13.3 Å². The van der Waals surface area contributed by atoms with Crippen molar-refractivity contribution in [1.82, 2.24) is 5.09 Å². The van der Waals surface area contributed by atoms with Gasteiger partial charge in [0.25, 0.3) is 0 Å². The molecule has 2 aromatic rings. The van der Waals surface area contributed by atoms with Gasteiger partial charge in [-0.15, -0.1) is 0 Å². The maximum Gasteiger partial charge on any atom is 0.194 e. The van der Waals surface area contributed by atoms with E-state index in [9.17, 15) is 0 Å². The van der Waals surface area contributed by atoms with E-state index < -0.39 is 8.30 Å². The maximum atomic E-state index is 6.11. The minimum Gasteiger partial charge on any atom is -0.453 e. The van der Waals surface area contributed by atoms with Gasteiger partial charge in [-0.2, -0.15) is 0 Å². The first-order valence-corrected chi connectivity index (χ1v) is 7.56. The Morgan fingerprint density at radius 1 is 1.00 bits per heavy atom. The Morgan fingerprint density at radius 3 is 2.56 bits per heavy atom. The van der Waals surface area contributed by atoms with Gasteiger partial charge >= 0.3 is 0 Å². The molecule has 1 aliphatic heterocycles. The molecule has 0 bridgehead atoms. The number of hydrogen-bond acceptors (Lipinski definition) is 2. The second-order valence-electron chi connectivity index (χ2n) is 4.31. The van der Waals surface area contributed by atoms with E-state index >= 15 is 0 Å². The quantitative estimate of drug-likeness (QED) is 0.847. The molecule has 0 amide bonds. The average Bonchev–Trinajstić information content (AvgIpc) is 2.45. The van der Waals surface area contributed by atoms with Crippen LogP contribution in [0.15, 0.2) is 48.5 Å². The van der Waals surface area contributed by atoms with E-state index in [1.54, 1.807) is 0 Å². The number of hydrogen-bond donors (Lipinski definition) is 1. The Bertz CT molecular complexity index is 556. The fourth-order valence-electron chi connectivity index (χ4n) is 2.13. The fraction of sp³-hybridized carbons (Fsp3) is 0.200. The molecule has 18 heavy (non-hydrogen) atoms. The van der Waals surface area contributed by atoms with E-state index in [0.717, 1.165) is 18.7 Å². The van der Waals surface area contributed by atoms with Crippen molar-refractivity contribution in [1.29, 1.82) is 0 Å². The average molecular weight is 257 g/mol. The molecule has 3 heteroatoms. The van der Waals surface area contributed by atoms with Crippen LogP contribution in [0.3, 0.4) is 0 Å². The van der Waals surface area contributed by atoms with Gasteiger partial charge in [0, 0.05) is 17.4 Å². The molecular formula is C15H16NOP. The van der Waals surface area contributed by atoms with E-state index in [1.807, 2.05) is 12.1 Å². The molecule has 92 valence electrons. The van der Waals surface area contributed by atoms with Crippen LogP contribution >= 0.6 is 8.30 Å². The van der Waals surface area contributed by atoms with Gasteiger partial charge in [0.2, 0.25) is 0 Å². The number of nitrogens with one attached hydrogen (secondary N) is 1. The SMILES string of the molecule is CCCNP1Oc2ccccc2-c2ccccc21. The third-order valence-electron chi connectivity index (χ3n) is 3.00. The van der Waals surface area contributed by atoms with Crippen molar-refractivity contribution in [3.63, 3.8) is 0 Å². The highest BCUT2D eigenvalue weighted by molar-refractivity contribution is 7.59. The largest absolute Gasteiger partial charge is 0.453 e. The normalized spacial score (nSPS) is 16.6. The van der Waals surface area contributed by atoms with Crippen LogP contribution in [0.4, 0.5) is 0 Å². The second kappa shape index (κ2) is 5.09. The molecule has 1 unspecified atom stereocenters. The molecule has 0 aromatic heterocycles. The molecule has 1 heterocycles. The fourth-order valence-corrected chi connectivity index (χ4v) is 3.88. The summed E-state index contributed by atoms with van der Waals surface area (Å²) in [6.07, 6.45) is 1.12. The molecule has 0 fully saturated rings. The van der Waals surface area contributed by atoms with Crippen molar-refractivity contribution in [3.8, 4) is 16.9 Å². The summed E-state index contributed by atoms with van der Waals surface area (Å²) in [5.41, 5.74) is 2.50. The van der Waals surface area contributed by atoms with Crippen molar-refractivity contribution in [3.05, 3.63) is 48.5 Å². The highest BCUT2D eigenvalue weighted by Gasteiger charge is 2.25. The van der Waals surface area contributed by atoms with Crippen molar-refractivity contribution < 1.29 is 4.52 Å². The summed E-state index contributed by atoms with van der Waals surface area (Å²) >= 11 is 0. The van der Waals surface area contributed by atoms with E-state index in [1.165, 1.54) is 16.4 Å². The summed E-state index contributed by atoms with van der Waals surface area (Å²) in [5, 5.41) is 4.80. The number of rotatable bonds is 3. The lowest BCUT2D eigenvalue weighted by Gasteiger charge is -2.28. The number of para-hydroxylation sites is 1. The van der Waals surface area contributed by atoms with Crippen molar-refractivity contribution in [2.45, 2.75) is 13.3 Å². The maximum absolute atomic E-state index is 6.11. The van der Waals surface area contributed by atoms with E-state index in [0.29, 0.717) is 0 Å². The first-order valence-electron chi connectivity index (χ1n) is 6.30. The highest BCUT2D eigenvalue weighted by atomic mass is 31.2. The summed E-state index contributed by atoms with van der Waals surface area (Å²) in [7, 11) is -0.730. The van der Waals surface area contributed by atoms with Gasteiger partial charge in [-0.25, -0.2) is 0 Å². The van der Waals surface area contributed by atoms with Crippen LogP contribution in [0, 0.1) is 0 Å². The van der Waals surface area contributed by atoms with Gasteiger partial charge < -0.3 is 4.52 Å². The molecule has 1 N–H and O–H groups in total. The molecule has 0 saturated carbocycles. The molecule has 0 radical (unpaired) electrons. The summed E-state index contributed by atoms with van der Waals surface area (Å²) in [6.45, 7) is 3.16. The first kappa shape index (κ1) is 11.7. The molecule has 2 aromatic carbocycles.